The van der Waals surface area contributed by atoms with Gasteiger partial charge in [-0.15, -0.1) is 12.4 Å². The van der Waals surface area contributed by atoms with Crippen molar-refractivity contribution < 1.29 is 9.18 Å². The second kappa shape index (κ2) is 8.14. The maximum atomic E-state index is 13.0. The van der Waals surface area contributed by atoms with E-state index in [0.717, 1.165) is 11.1 Å². The maximum Gasteiger partial charge on any atom is 0.256 e. The lowest BCUT2D eigenvalue weighted by Gasteiger charge is -2.14. The highest BCUT2D eigenvalue weighted by Gasteiger charge is 2.20. The van der Waals surface area contributed by atoms with E-state index in [4.69, 9.17) is 11.5 Å². The van der Waals surface area contributed by atoms with E-state index in [1.807, 2.05) is 30.3 Å². The van der Waals surface area contributed by atoms with Gasteiger partial charge in [-0.05, 0) is 29.7 Å². The first-order valence-corrected chi connectivity index (χ1v) is 6.49. The van der Waals surface area contributed by atoms with Gasteiger partial charge in [0.15, 0.2) is 5.96 Å². The number of carbonyl (C=O) groups excluding carboxylic acids is 1. The van der Waals surface area contributed by atoms with Crippen molar-refractivity contribution in [2.45, 2.75) is 12.3 Å². The molecular weight excluding hydrogens is 305 g/mol. The van der Waals surface area contributed by atoms with E-state index in [1.54, 1.807) is 12.1 Å². The van der Waals surface area contributed by atoms with Crippen LogP contribution in [0, 0.1) is 5.82 Å². The number of carbonyl (C=O) groups is 1. The number of rotatable bonds is 4. The van der Waals surface area contributed by atoms with Crippen LogP contribution in [0.4, 0.5) is 4.39 Å². The zero-order chi connectivity index (χ0) is 15.2. The Hall–Kier alpha value is -2.40. The summed E-state index contributed by atoms with van der Waals surface area (Å²) in [5.41, 5.74) is 12.2. The molecule has 2 aromatic rings. The van der Waals surface area contributed by atoms with E-state index < -0.39 is 11.8 Å². The lowest BCUT2D eigenvalue weighted by Crippen LogP contribution is -2.26. The standard InChI is InChI=1S/C16H16FN3O.ClH/c17-13-8-6-11(7-9-13)10-14(15(21)20-16(18)19)12-4-2-1-3-5-12;/h1-9,14H,10H2,(H4,18,19,20,21);1H. The van der Waals surface area contributed by atoms with E-state index >= 15 is 0 Å². The predicted octanol–water partition coefficient (Wildman–Crippen LogP) is 2.37. The molecule has 1 amide bonds. The number of amides is 1. The Labute approximate surface area is 134 Å². The van der Waals surface area contributed by atoms with E-state index in [1.165, 1.54) is 12.1 Å². The predicted molar refractivity (Wildman–Crippen MR) is 87.4 cm³/mol. The minimum atomic E-state index is -0.501. The minimum Gasteiger partial charge on any atom is -0.370 e. The Morgan fingerprint density at radius 1 is 1.05 bits per heavy atom. The van der Waals surface area contributed by atoms with Gasteiger partial charge in [0.05, 0.1) is 5.92 Å². The summed E-state index contributed by atoms with van der Waals surface area (Å²) in [6, 6.07) is 15.3. The molecule has 0 heterocycles. The van der Waals surface area contributed by atoms with Crippen molar-refractivity contribution in [3.63, 3.8) is 0 Å². The van der Waals surface area contributed by atoms with Crippen molar-refractivity contribution in [3.05, 3.63) is 71.5 Å². The number of hydrogen-bond donors (Lipinski definition) is 2. The van der Waals surface area contributed by atoms with Crippen LogP contribution in [-0.4, -0.2) is 11.9 Å². The van der Waals surface area contributed by atoms with Crippen LogP contribution in [0.5, 0.6) is 0 Å². The number of aliphatic imine (C=N–C) groups is 1. The highest BCUT2D eigenvalue weighted by Crippen LogP contribution is 2.22. The Morgan fingerprint density at radius 3 is 2.18 bits per heavy atom. The summed E-state index contributed by atoms with van der Waals surface area (Å²) in [5.74, 6) is -1.49. The highest BCUT2D eigenvalue weighted by molar-refractivity contribution is 5.95. The van der Waals surface area contributed by atoms with Gasteiger partial charge in [0, 0.05) is 0 Å². The van der Waals surface area contributed by atoms with Crippen LogP contribution in [0.1, 0.15) is 17.0 Å². The van der Waals surface area contributed by atoms with E-state index in [2.05, 4.69) is 4.99 Å². The number of nitrogens with zero attached hydrogens (tertiary/aromatic N) is 1. The Morgan fingerprint density at radius 2 is 1.64 bits per heavy atom. The van der Waals surface area contributed by atoms with Crippen LogP contribution in [-0.2, 0) is 11.2 Å². The molecule has 1 atom stereocenters. The van der Waals surface area contributed by atoms with Gasteiger partial charge in [0.1, 0.15) is 5.82 Å². The molecule has 0 spiro atoms. The Balaban J connectivity index is 0.00000242. The van der Waals surface area contributed by atoms with Gasteiger partial charge in [-0.2, -0.15) is 4.99 Å². The molecule has 4 N–H and O–H groups in total. The minimum absolute atomic E-state index is 0. The second-order valence-corrected chi connectivity index (χ2v) is 4.67. The molecule has 22 heavy (non-hydrogen) atoms. The van der Waals surface area contributed by atoms with Gasteiger partial charge in [-0.1, -0.05) is 42.5 Å². The third kappa shape index (κ3) is 4.86. The lowest BCUT2D eigenvalue weighted by atomic mass is 9.91. The average molecular weight is 322 g/mol. The van der Waals surface area contributed by atoms with Gasteiger partial charge < -0.3 is 11.5 Å². The molecule has 0 aliphatic rings. The molecule has 116 valence electrons. The molecule has 0 radical (unpaired) electrons. The Bertz CT molecular complexity index is 640. The summed E-state index contributed by atoms with van der Waals surface area (Å²) >= 11 is 0. The van der Waals surface area contributed by atoms with Gasteiger partial charge in [-0.3, -0.25) is 4.79 Å². The Kier molecular flexibility index (Phi) is 6.53. The van der Waals surface area contributed by atoms with Gasteiger partial charge in [-0.25, -0.2) is 4.39 Å². The summed E-state index contributed by atoms with van der Waals surface area (Å²) in [6.07, 6.45) is 0.403. The number of guanidine groups is 1. The quantitative estimate of drug-likeness (QED) is 0.670. The summed E-state index contributed by atoms with van der Waals surface area (Å²) in [5, 5.41) is 0. The van der Waals surface area contributed by atoms with Crippen LogP contribution in [0.25, 0.3) is 0 Å². The fourth-order valence-corrected chi connectivity index (χ4v) is 2.09. The molecule has 2 aromatic carbocycles. The van der Waals surface area contributed by atoms with Crippen LogP contribution in [0.2, 0.25) is 0 Å². The molecule has 4 nitrogen and oxygen atoms in total. The fraction of sp³-hybridized carbons (Fsp3) is 0.125. The van der Waals surface area contributed by atoms with Crippen molar-refractivity contribution in [1.29, 1.82) is 0 Å². The molecule has 0 aliphatic heterocycles. The lowest BCUT2D eigenvalue weighted by molar-refractivity contribution is -0.119. The monoisotopic (exact) mass is 321 g/mol. The molecule has 6 heteroatoms. The summed E-state index contributed by atoms with van der Waals surface area (Å²) in [6.45, 7) is 0. The van der Waals surface area contributed by atoms with Crippen LogP contribution >= 0.6 is 12.4 Å². The molecule has 0 aliphatic carbocycles. The van der Waals surface area contributed by atoms with E-state index in [0.29, 0.717) is 6.42 Å². The average Bonchev–Trinajstić information content (AvgIpc) is 2.46. The number of hydrogen-bond acceptors (Lipinski definition) is 1. The first-order chi connectivity index (χ1) is 10.1. The van der Waals surface area contributed by atoms with Gasteiger partial charge in [0.2, 0.25) is 0 Å². The smallest absolute Gasteiger partial charge is 0.256 e. The largest absolute Gasteiger partial charge is 0.370 e. The third-order valence-electron chi connectivity index (χ3n) is 3.09. The molecule has 0 aromatic heterocycles. The van der Waals surface area contributed by atoms with Crippen molar-refractivity contribution in [2.24, 2.45) is 16.5 Å². The molecule has 0 fully saturated rings. The topological polar surface area (TPSA) is 81.5 Å². The zero-order valence-corrected chi connectivity index (χ0v) is 12.6. The first-order valence-electron chi connectivity index (χ1n) is 6.49. The molecule has 0 saturated heterocycles. The van der Waals surface area contributed by atoms with E-state index in [-0.39, 0.29) is 24.2 Å². The maximum absolute atomic E-state index is 13.0. The van der Waals surface area contributed by atoms with Crippen molar-refractivity contribution in [1.82, 2.24) is 0 Å². The van der Waals surface area contributed by atoms with Gasteiger partial charge >= 0.3 is 0 Å². The third-order valence-corrected chi connectivity index (χ3v) is 3.09. The highest BCUT2D eigenvalue weighted by atomic mass is 35.5. The summed E-state index contributed by atoms with van der Waals surface area (Å²) in [7, 11) is 0. The van der Waals surface area contributed by atoms with Crippen LogP contribution < -0.4 is 11.5 Å². The number of benzene rings is 2. The van der Waals surface area contributed by atoms with Crippen LogP contribution in [0.15, 0.2) is 59.6 Å². The first kappa shape index (κ1) is 17.7. The van der Waals surface area contributed by atoms with E-state index in [9.17, 15) is 9.18 Å². The molecule has 0 bridgehead atoms. The number of halogens is 2. The summed E-state index contributed by atoms with van der Waals surface area (Å²) < 4.78 is 13.0. The van der Waals surface area contributed by atoms with Crippen LogP contribution in [0.3, 0.4) is 0 Å². The summed E-state index contributed by atoms with van der Waals surface area (Å²) in [4.78, 5) is 15.8. The molecule has 1 unspecified atom stereocenters. The van der Waals surface area contributed by atoms with Crippen molar-refractivity contribution >= 4 is 24.3 Å². The normalized spacial score (nSPS) is 11.1. The molecule has 2 rings (SSSR count). The second-order valence-electron chi connectivity index (χ2n) is 4.67. The SMILES string of the molecule is Cl.NC(N)=NC(=O)C(Cc1ccc(F)cc1)c1ccccc1. The van der Waals surface area contributed by atoms with Crippen molar-refractivity contribution in [3.8, 4) is 0 Å². The number of nitrogens with two attached hydrogens (primary N) is 2. The fourth-order valence-electron chi connectivity index (χ4n) is 2.09. The zero-order valence-electron chi connectivity index (χ0n) is 11.8. The van der Waals surface area contributed by atoms with Crippen molar-refractivity contribution in [2.75, 3.05) is 0 Å². The molecule has 0 saturated carbocycles. The van der Waals surface area contributed by atoms with Gasteiger partial charge in [0.25, 0.3) is 5.91 Å². The molecular formula is C16H17ClFN3O.